The smallest absolute Gasteiger partial charge is 0.0253 e. The van der Waals surface area contributed by atoms with Crippen LogP contribution in [0.1, 0.15) is 52.2 Å². The zero-order valence-corrected chi connectivity index (χ0v) is 11.0. The van der Waals surface area contributed by atoms with Gasteiger partial charge in [-0.25, -0.2) is 0 Å². The summed E-state index contributed by atoms with van der Waals surface area (Å²) in [5, 5.41) is 0. The van der Waals surface area contributed by atoms with Gasteiger partial charge in [0.05, 0.1) is 0 Å². The summed E-state index contributed by atoms with van der Waals surface area (Å²) >= 11 is 0. The first kappa shape index (κ1) is 14.2. The Kier molecular flexibility index (Phi) is 8.08. The Morgan fingerprint density at radius 2 is 1.53 bits per heavy atom. The molecule has 1 aromatic rings. The summed E-state index contributed by atoms with van der Waals surface area (Å²) in [5.41, 5.74) is 3.08. The SMILES string of the molecule is CC.CCCc1ccccc1CC(C)C. The Morgan fingerprint density at radius 3 is 2.00 bits per heavy atom. The lowest BCUT2D eigenvalue weighted by Crippen LogP contribution is -1.98. The van der Waals surface area contributed by atoms with Gasteiger partial charge in [-0.15, -0.1) is 0 Å². The van der Waals surface area contributed by atoms with Crippen LogP contribution < -0.4 is 0 Å². The molecule has 15 heavy (non-hydrogen) atoms. The molecule has 0 aliphatic carbocycles. The van der Waals surface area contributed by atoms with E-state index in [4.69, 9.17) is 0 Å². The van der Waals surface area contributed by atoms with E-state index in [1.807, 2.05) is 13.8 Å². The van der Waals surface area contributed by atoms with E-state index >= 15 is 0 Å². The van der Waals surface area contributed by atoms with Crippen LogP contribution in [-0.2, 0) is 12.8 Å². The van der Waals surface area contributed by atoms with Crippen molar-refractivity contribution in [3.8, 4) is 0 Å². The Bertz CT molecular complexity index is 248. The number of hydrogen-bond acceptors (Lipinski definition) is 0. The van der Waals surface area contributed by atoms with E-state index in [2.05, 4.69) is 45.0 Å². The summed E-state index contributed by atoms with van der Waals surface area (Å²) in [7, 11) is 0. The first-order valence-corrected chi connectivity index (χ1v) is 6.30. The van der Waals surface area contributed by atoms with Crippen LogP contribution in [0, 0.1) is 5.92 Å². The lowest BCUT2D eigenvalue weighted by atomic mass is 9.96. The van der Waals surface area contributed by atoms with Crippen LogP contribution in [0.15, 0.2) is 24.3 Å². The third-order valence-corrected chi connectivity index (χ3v) is 2.27. The van der Waals surface area contributed by atoms with Crippen molar-refractivity contribution in [3.63, 3.8) is 0 Å². The van der Waals surface area contributed by atoms with Crippen molar-refractivity contribution >= 4 is 0 Å². The van der Waals surface area contributed by atoms with E-state index in [0.717, 1.165) is 5.92 Å². The third kappa shape index (κ3) is 5.61. The topological polar surface area (TPSA) is 0 Å². The first-order valence-electron chi connectivity index (χ1n) is 6.30. The molecule has 0 N–H and O–H groups in total. The number of rotatable bonds is 4. The van der Waals surface area contributed by atoms with Gasteiger partial charge in [-0.1, -0.05) is 65.3 Å². The molecule has 0 amide bonds. The van der Waals surface area contributed by atoms with Crippen LogP contribution in [0.3, 0.4) is 0 Å². The lowest BCUT2D eigenvalue weighted by Gasteiger charge is -2.10. The average Bonchev–Trinajstić information content (AvgIpc) is 2.23. The van der Waals surface area contributed by atoms with Crippen molar-refractivity contribution in [2.45, 2.75) is 53.9 Å². The summed E-state index contributed by atoms with van der Waals surface area (Å²) in [4.78, 5) is 0. The maximum absolute atomic E-state index is 2.28. The van der Waals surface area contributed by atoms with Crippen molar-refractivity contribution in [1.29, 1.82) is 0 Å². The minimum atomic E-state index is 0.762. The van der Waals surface area contributed by atoms with E-state index in [1.165, 1.54) is 19.3 Å². The summed E-state index contributed by atoms with van der Waals surface area (Å²) in [5.74, 6) is 0.762. The molecular formula is C15H26. The largest absolute Gasteiger partial charge is 0.0683 e. The molecule has 0 atom stereocenters. The van der Waals surface area contributed by atoms with Gasteiger partial charge in [-0.05, 0) is 29.9 Å². The monoisotopic (exact) mass is 206 g/mol. The minimum Gasteiger partial charge on any atom is -0.0683 e. The fraction of sp³-hybridized carbons (Fsp3) is 0.600. The second kappa shape index (κ2) is 8.52. The van der Waals surface area contributed by atoms with Crippen LogP contribution in [0.4, 0.5) is 0 Å². The molecule has 1 aromatic carbocycles. The quantitative estimate of drug-likeness (QED) is 0.659. The summed E-state index contributed by atoms with van der Waals surface area (Å²) in [6.45, 7) is 10.8. The molecule has 0 saturated heterocycles. The van der Waals surface area contributed by atoms with Crippen LogP contribution >= 0.6 is 0 Å². The van der Waals surface area contributed by atoms with E-state index < -0.39 is 0 Å². The molecule has 0 aromatic heterocycles. The van der Waals surface area contributed by atoms with E-state index in [1.54, 1.807) is 11.1 Å². The first-order chi connectivity index (χ1) is 7.24. The van der Waals surface area contributed by atoms with E-state index in [-0.39, 0.29) is 0 Å². The van der Waals surface area contributed by atoms with Crippen LogP contribution in [-0.4, -0.2) is 0 Å². The van der Waals surface area contributed by atoms with Gasteiger partial charge in [-0.2, -0.15) is 0 Å². The number of hydrogen-bond donors (Lipinski definition) is 0. The van der Waals surface area contributed by atoms with Crippen LogP contribution in [0.5, 0.6) is 0 Å². The van der Waals surface area contributed by atoms with Gasteiger partial charge < -0.3 is 0 Å². The van der Waals surface area contributed by atoms with Crippen LogP contribution in [0.25, 0.3) is 0 Å². The van der Waals surface area contributed by atoms with Crippen molar-refractivity contribution in [1.82, 2.24) is 0 Å². The fourth-order valence-corrected chi connectivity index (χ4v) is 1.71. The maximum Gasteiger partial charge on any atom is -0.0253 e. The Balaban J connectivity index is 0.000000921. The van der Waals surface area contributed by atoms with E-state index in [9.17, 15) is 0 Å². The molecule has 0 nitrogen and oxygen atoms in total. The zero-order chi connectivity index (χ0) is 11.7. The predicted octanol–water partition coefficient (Wildman–Crippen LogP) is 4.86. The number of benzene rings is 1. The number of aryl methyl sites for hydroxylation is 1. The fourth-order valence-electron chi connectivity index (χ4n) is 1.71. The van der Waals surface area contributed by atoms with Crippen molar-refractivity contribution in [2.75, 3.05) is 0 Å². The zero-order valence-electron chi connectivity index (χ0n) is 11.0. The van der Waals surface area contributed by atoms with Gasteiger partial charge in [0, 0.05) is 0 Å². The molecule has 0 spiro atoms. The summed E-state index contributed by atoms with van der Waals surface area (Å²) in [6.07, 6.45) is 3.69. The molecule has 0 aliphatic rings. The molecule has 0 aliphatic heterocycles. The molecule has 0 fully saturated rings. The second-order valence-corrected chi connectivity index (χ2v) is 4.12. The van der Waals surface area contributed by atoms with Crippen molar-refractivity contribution in [3.05, 3.63) is 35.4 Å². The van der Waals surface area contributed by atoms with Gasteiger partial charge in [0.25, 0.3) is 0 Å². The molecule has 0 bridgehead atoms. The highest BCUT2D eigenvalue weighted by molar-refractivity contribution is 5.27. The Hall–Kier alpha value is -0.780. The molecule has 86 valence electrons. The molecule has 0 heteroatoms. The molecule has 1 rings (SSSR count). The van der Waals surface area contributed by atoms with E-state index in [0.29, 0.717) is 0 Å². The predicted molar refractivity (Wildman–Crippen MR) is 70.3 cm³/mol. The molecule has 0 radical (unpaired) electrons. The lowest BCUT2D eigenvalue weighted by molar-refractivity contribution is 0.641. The van der Waals surface area contributed by atoms with Crippen molar-refractivity contribution < 1.29 is 0 Å². The highest BCUT2D eigenvalue weighted by Crippen LogP contribution is 2.15. The normalized spacial score (nSPS) is 9.73. The summed E-state index contributed by atoms with van der Waals surface area (Å²) < 4.78 is 0. The van der Waals surface area contributed by atoms with Gasteiger partial charge in [0.15, 0.2) is 0 Å². The standard InChI is InChI=1S/C13H20.C2H6/c1-4-7-12-8-5-6-9-13(12)10-11(2)3;1-2/h5-6,8-9,11H,4,7,10H2,1-3H3;1-2H3. The maximum atomic E-state index is 2.28. The highest BCUT2D eigenvalue weighted by Gasteiger charge is 2.02. The van der Waals surface area contributed by atoms with Crippen LogP contribution in [0.2, 0.25) is 0 Å². The Labute approximate surface area is 95.7 Å². The van der Waals surface area contributed by atoms with Crippen molar-refractivity contribution in [2.24, 2.45) is 5.92 Å². The molecule has 0 unspecified atom stereocenters. The Morgan fingerprint density at radius 1 is 1.00 bits per heavy atom. The van der Waals surface area contributed by atoms with Gasteiger partial charge in [0.1, 0.15) is 0 Å². The molecule has 0 saturated carbocycles. The summed E-state index contributed by atoms with van der Waals surface area (Å²) in [6, 6.07) is 8.83. The van der Waals surface area contributed by atoms with Gasteiger partial charge in [0.2, 0.25) is 0 Å². The third-order valence-electron chi connectivity index (χ3n) is 2.27. The molecule has 0 heterocycles. The average molecular weight is 206 g/mol. The molecular weight excluding hydrogens is 180 g/mol. The minimum absolute atomic E-state index is 0.762. The second-order valence-electron chi connectivity index (χ2n) is 4.12. The van der Waals surface area contributed by atoms with Gasteiger partial charge in [-0.3, -0.25) is 0 Å². The van der Waals surface area contributed by atoms with Gasteiger partial charge >= 0.3 is 0 Å². The highest BCUT2D eigenvalue weighted by atomic mass is 14.1.